The largest absolute Gasteiger partial charge is 0.478 e. The number of nitrogens with zero attached hydrogens (tertiary/aromatic N) is 2. The summed E-state index contributed by atoms with van der Waals surface area (Å²) in [5.41, 5.74) is 6.79. The van der Waals surface area contributed by atoms with Crippen LogP contribution in [0.3, 0.4) is 0 Å². The van der Waals surface area contributed by atoms with E-state index in [1.54, 1.807) is 6.92 Å². The molecule has 0 bridgehead atoms. The Morgan fingerprint density at radius 1 is 1.40 bits per heavy atom. The number of carbonyl (C=O) groups excluding carboxylic acids is 1. The molecule has 3 rings (SSSR count). The number of rotatable bonds is 7. The molecule has 0 fully saturated rings. The molecule has 0 saturated carbocycles. The van der Waals surface area contributed by atoms with Crippen molar-refractivity contribution >= 4 is 45.9 Å². The van der Waals surface area contributed by atoms with E-state index >= 15 is 0 Å². The van der Waals surface area contributed by atoms with Crippen molar-refractivity contribution in [3.63, 3.8) is 0 Å². The smallest absolute Gasteiger partial charge is 0.255 e. The molecule has 1 aromatic carbocycles. The quantitative estimate of drug-likeness (QED) is 0.517. The first kappa shape index (κ1) is 22.1. The number of ether oxygens (including phenoxy) is 1. The first-order valence-electron chi connectivity index (χ1n) is 9.09. The normalized spacial score (nSPS) is 12.4. The van der Waals surface area contributed by atoms with Crippen molar-refractivity contribution < 1.29 is 18.3 Å². The van der Waals surface area contributed by atoms with Gasteiger partial charge in [-0.3, -0.25) is 4.79 Å². The lowest BCUT2D eigenvalue weighted by molar-refractivity contribution is 0.0952. The summed E-state index contributed by atoms with van der Waals surface area (Å²) in [6.07, 6.45) is 1.99. The number of benzene rings is 1. The molecular formula is C20H21Cl2FN4O3. The number of nitrogen functional groups attached to an aromatic ring is 1. The maximum absolute atomic E-state index is 13.9. The Bertz CT molecular complexity index is 1090. The van der Waals surface area contributed by atoms with Crippen LogP contribution in [0.5, 0.6) is 5.75 Å². The Morgan fingerprint density at radius 2 is 2.13 bits per heavy atom. The van der Waals surface area contributed by atoms with Crippen molar-refractivity contribution in [3.05, 3.63) is 51.6 Å². The van der Waals surface area contributed by atoms with Crippen molar-refractivity contribution in [2.45, 2.75) is 13.0 Å². The van der Waals surface area contributed by atoms with Gasteiger partial charge in [0.2, 0.25) is 5.75 Å². The molecule has 1 amide bonds. The Labute approximate surface area is 182 Å². The Hall–Kier alpha value is -2.55. The zero-order chi connectivity index (χ0) is 22.0. The summed E-state index contributed by atoms with van der Waals surface area (Å²) in [7, 11) is 3.82. The second-order valence-corrected chi connectivity index (χ2v) is 7.73. The molecular weight excluding hydrogens is 434 g/mol. The van der Waals surface area contributed by atoms with Crippen LogP contribution in [-0.2, 0) is 0 Å². The standard InChI is InChI=1S/C20H21Cl2FN4O3/c1-10(15-13(21)4-5-14(23)16(15)22)30-18-17-11(8-26-19(18)24)12(9-29-17)20(28)25-6-7-27(2)3/h4-5,8-10H,6-7H2,1-3H3,(H2,24,26)(H,25,28). The van der Waals surface area contributed by atoms with Gasteiger partial charge in [-0.05, 0) is 33.2 Å². The van der Waals surface area contributed by atoms with Gasteiger partial charge in [-0.1, -0.05) is 23.2 Å². The highest BCUT2D eigenvalue weighted by Gasteiger charge is 2.24. The molecule has 0 spiro atoms. The van der Waals surface area contributed by atoms with E-state index in [0.717, 1.165) is 0 Å². The molecule has 30 heavy (non-hydrogen) atoms. The second kappa shape index (κ2) is 9.07. The molecule has 0 aliphatic carbocycles. The second-order valence-electron chi connectivity index (χ2n) is 6.94. The minimum Gasteiger partial charge on any atom is -0.478 e. The number of amides is 1. The van der Waals surface area contributed by atoms with Crippen LogP contribution in [-0.4, -0.2) is 43.0 Å². The van der Waals surface area contributed by atoms with E-state index < -0.39 is 11.9 Å². The lowest BCUT2D eigenvalue weighted by atomic mass is 10.1. The number of anilines is 1. The number of hydrogen-bond donors (Lipinski definition) is 2. The third-order valence-corrected chi connectivity index (χ3v) is 5.18. The van der Waals surface area contributed by atoms with Gasteiger partial charge in [-0.15, -0.1) is 0 Å². The van der Waals surface area contributed by atoms with Gasteiger partial charge < -0.3 is 25.1 Å². The van der Waals surface area contributed by atoms with Crippen LogP contribution in [0.2, 0.25) is 10.0 Å². The SMILES string of the molecule is CC(Oc1c(N)ncc2c(C(=O)NCCN(C)C)coc12)c1c(Cl)ccc(F)c1Cl. The molecule has 7 nitrogen and oxygen atoms in total. The molecule has 2 aromatic heterocycles. The summed E-state index contributed by atoms with van der Waals surface area (Å²) >= 11 is 12.2. The van der Waals surface area contributed by atoms with Crippen molar-refractivity contribution in [2.75, 3.05) is 32.9 Å². The zero-order valence-electron chi connectivity index (χ0n) is 16.6. The zero-order valence-corrected chi connectivity index (χ0v) is 18.1. The summed E-state index contributed by atoms with van der Waals surface area (Å²) in [6, 6.07) is 2.56. The monoisotopic (exact) mass is 454 g/mol. The third-order valence-electron chi connectivity index (χ3n) is 4.47. The highest BCUT2D eigenvalue weighted by molar-refractivity contribution is 6.36. The highest BCUT2D eigenvalue weighted by atomic mass is 35.5. The van der Waals surface area contributed by atoms with Crippen molar-refractivity contribution in [1.29, 1.82) is 0 Å². The average Bonchev–Trinajstić information content (AvgIpc) is 3.11. The molecule has 0 radical (unpaired) electrons. The lowest BCUT2D eigenvalue weighted by Crippen LogP contribution is -2.31. The summed E-state index contributed by atoms with van der Waals surface area (Å²) in [5.74, 6) is -0.765. The van der Waals surface area contributed by atoms with E-state index in [0.29, 0.717) is 24.0 Å². The van der Waals surface area contributed by atoms with Gasteiger partial charge in [-0.25, -0.2) is 9.37 Å². The minimum absolute atomic E-state index is 0.0481. The number of aromatic nitrogens is 1. The number of nitrogens with one attached hydrogen (secondary N) is 1. The summed E-state index contributed by atoms with van der Waals surface area (Å²) < 4.78 is 25.4. The first-order chi connectivity index (χ1) is 14.2. The topological polar surface area (TPSA) is 93.6 Å². The summed E-state index contributed by atoms with van der Waals surface area (Å²) in [5, 5.41) is 3.35. The number of furan rings is 1. The van der Waals surface area contributed by atoms with E-state index in [1.165, 1.54) is 24.6 Å². The fraction of sp³-hybridized carbons (Fsp3) is 0.300. The maximum Gasteiger partial charge on any atom is 0.255 e. The molecule has 0 aliphatic heterocycles. The maximum atomic E-state index is 13.9. The van der Waals surface area contributed by atoms with Gasteiger partial charge in [0, 0.05) is 29.9 Å². The third kappa shape index (κ3) is 4.45. The molecule has 10 heteroatoms. The van der Waals surface area contributed by atoms with Crippen LogP contribution in [0.4, 0.5) is 10.2 Å². The van der Waals surface area contributed by atoms with Gasteiger partial charge in [0.1, 0.15) is 18.2 Å². The number of pyridine rings is 1. The van der Waals surface area contributed by atoms with E-state index in [9.17, 15) is 9.18 Å². The van der Waals surface area contributed by atoms with Gasteiger partial charge in [0.15, 0.2) is 11.4 Å². The predicted octanol–water partition coefficient (Wildman–Crippen LogP) is 4.29. The van der Waals surface area contributed by atoms with Crippen molar-refractivity contribution in [1.82, 2.24) is 15.2 Å². The van der Waals surface area contributed by atoms with Crippen LogP contribution in [0.1, 0.15) is 28.9 Å². The number of nitrogens with two attached hydrogens (primary N) is 1. The molecule has 3 aromatic rings. The number of halogens is 3. The first-order valence-corrected chi connectivity index (χ1v) is 9.85. The predicted molar refractivity (Wildman–Crippen MR) is 115 cm³/mol. The van der Waals surface area contributed by atoms with Crippen molar-refractivity contribution in [3.8, 4) is 5.75 Å². The molecule has 160 valence electrons. The number of carbonyl (C=O) groups is 1. The molecule has 1 atom stereocenters. The fourth-order valence-corrected chi connectivity index (χ4v) is 3.59. The van der Waals surface area contributed by atoms with E-state index in [2.05, 4.69) is 10.3 Å². The van der Waals surface area contributed by atoms with Crippen LogP contribution in [0.15, 0.2) is 29.0 Å². The fourth-order valence-electron chi connectivity index (χ4n) is 2.91. The summed E-state index contributed by atoms with van der Waals surface area (Å²) in [4.78, 5) is 18.6. The van der Waals surface area contributed by atoms with Crippen LogP contribution in [0.25, 0.3) is 11.0 Å². The van der Waals surface area contributed by atoms with Gasteiger partial charge >= 0.3 is 0 Å². The molecule has 0 saturated heterocycles. The minimum atomic E-state index is -0.766. The average molecular weight is 455 g/mol. The number of fused-ring (bicyclic) bond motifs is 1. The molecule has 0 aliphatic rings. The van der Waals surface area contributed by atoms with Crippen molar-refractivity contribution in [2.24, 2.45) is 0 Å². The van der Waals surface area contributed by atoms with E-state index in [4.69, 9.17) is 38.1 Å². The molecule has 2 heterocycles. The number of likely N-dealkylation sites (N-methyl/N-ethyl adjacent to an activating group) is 1. The lowest BCUT2D eigenvalue weighted by Gasteiger charge is -2.18. The molecule has 3 N–H and O–H groups in total. The van der Waals surface area contributed by atoms with Crippen LogP contribution >= 0.6 is 23.2 Å². The summed E-state index contributed by atoms with van der Waals surface area (Å²) in [6.45, 7) is 2.80. The van der Waals surface area contributed by atoms with E-state index in [-0.39, 0.29) is 38.7 Å². The Kier molecular flexibility index (Phi) is 6.70. The number of hydrogen-bond acceptors (Lipinski definition) is 6. The van der Waals surface area contributed by atoms with Gasteiger partial charge in [-0.2, -0.15) is 0 Å². The Morgan fingerprint density at radius 3 is 2.83 bits per heavy atom. The van der Waals surface area contributed by atoms with E-state index in [1.807, 2.05) is 19.0 Å². The Balaban J connectivity index is 1.92. The van der Waals surface area contributed by atoms with Crippen LogP contribution in [0, 0.1) is 5.82 Å². The van der Waals surface area contributed by atoms with Gasteiger partial charge in [0.05, 0.1) is 16.0 Å². The van der Waals surface area contributed by atoms with Gasteiger partial charge in [0.25, 0.3) is 5.91 Å². The molecule has 1 unspecified atom stereocenters. The van der Waals surface area contributed by atoms with Crippen LogP contribution < -0.4 is 15.8 Å². The highest BCUT2D eigenvalue weighted by Crippen LogP contribution is 2.39.